The van der Waals surface area contributed by atoms with Crippen molar-refractivity contribution in [1.29, 1.82) is 0 Å². The van der Waals surface area contributed by atoms with Crippen molar-refractivity contribution in [3.05, 3.63) is 41.8 Å². The van der Waals surface area contributed by atoms with Crippen molar-refractivity contribution in [2.45, 2.75) is 25.9 Å². The number of ether oxygens (including phenoxy) is 1. The number of carbonyl (C=O) groups excluding carboxylic acids is 1. The summed E-state index contributed by atoms with van der Waals surface area (Å²) < 4.78 is 5.15. The Morgan fingerprint density at radius 2 is 2.21 bits per heavy atom. The quantitative estimate of drug-likeness (QED) is 0.632. The molecular formula is C12H13O2. The molecule has 1 aliphatic carbocycles. The van der Waals surface area contributed by atoms with Crippen LogP contribution in [0.2, 0.25) is 0 Å². The molecule has 0 saturated carbocycles. The summed E-state index contributed by atoms with van der Waals surface area (Å²) in [6.07, 6.45) is 3.88. The second-order valence-electron chi connectivity index (χ2n) is 3.55. The van der Waals surface area contributed by atoms with E-state index in [2.05, 4.69) is 12.1 Å². The summed E-state index contributed by atoms with van der Waals surface area (Å²) in [4.78, 5) is 10.8. The molecule has 0 spiro atoms. The number of hydrogen-bond acceptors (Lipinski definition) is 2. The summed E-state index contributed by atoms with van der Waals surface area (Å²) in [6, 6.07) is 8.23. The van der Waals surface area contributed by atoms with Crippen LogP contribution in [0.4, 0.5) is 0 Å². The molecule has 0 aliphatic heterocycles. The van der Waals surface area contributed by atoms with Gasteiger partial charge in [-0.1, -0.05) is 24.3 Å². The maximum Gasteiger partial charge on any atom is 0.302 e. The Labute approximate surface area is 83.9 Å². The van der Waals surface area contributed by atoms with Gasteiger partial charge in [0.05, 0.1) is 0 Å². The minimum atomic E-state index is -0.203. The zero-order valence-corrected chi connectivity index (χ0v) is 8.19. The molecule has 1 radical (unpaired) electrons. The van der Waals surface area contributed by atoms with Crippen LogP contribution in [-0.2, 0) is 16.0 Å². The number of rotatable bonds is 1. The molecule has 0 heterocycles. The van der Waals surface area contributed by atoms with Gasteiger partial charge in [0, 0.05) is 13.3 Å². The molecule has 0 aromatic heterocycles. The highest BCUT2D eigenvalue weighted by atomic mass is 16.5. The zero-order valence-electron chi connectivity index (χ0n) is 8.19. The molecule has 14 heavy (non-hydrogen) atoms. The standard InChI is InChI=1S/C12H13O2/c1-9(13)14-12-7-6-10-4-2-3-5-11(10)8-12/h2-5,8,12H,6-7H2,1H3. The summed E-state index contributed by atoms with van der Waals surface area (Å²) in [5, 5.41) is 0. The van der Waals surface area contributed by atoms with Gasteiger partial charge in [-0.05, 0) is 24.0 Å². The van der Waals surface area contributed by atoms with E-state index < -0.39 is 0 Å². The molecule has 1 atom stereocenters. The smallest absolute Gasteiger partial charge is 0.302 e. The summed E-state index contributed by atoms with van der Waals surface area (Å²) in [5.74, 6) is -0.203. The molecule has 0 N–H and O–H groups in total. The van der Waals surface area contributed by atoms with Crippen molar-refractivity contribution in [3.8, 4) is 0 Å². The van der Waals surface area contributed by atoms with Gasteiger partial charge in [-0.2, -0.15) is 0 Å². The van der Waals surface area contributed by atoms with Crippen molar-refractivity contribution in [3.63, 3.8) is 0 Å². The summed E-state index contributed by atoms with van der Waals surface area (Å²) in [7, 11) is 0. The van der Waals surface area contributed by atoms with E-state index in [9.17, 15) is 4.79 Å². The normalized spacial score (nSPS) is 19.9. The minimum Gasteiger partial charge on any atom is -0.462 e. The molecule has 1 unspecified atom stereocenters. The fourth-order valence-electron chi connectivity index (χ4n) is 1.81. The molecule has 2 nitrogen and oxygen atoms in total. The van der Waals surface area contributed by atoms with E-state index in [4.69, 9.17) is 4.74 Å². The van der Waals surface area contributed by atoms with Crippen LogP contribution < -0.4 is 0 Å². The van der Waals surface area contributed by atoms with Gasteiger partial charge in [0.2, 0.25) is 0 Å². The second-order valence-corrected chi connectivity index (χ2v) is 3.55. The first-order chi connectivity index (χ1) is 6.75. The predicted octanol–water partition coefficient (Wildman–Crippen LogP) is 2.12. The first kappa shape index (κ1) is 9.25. The van der Waals surface area contributed by atoms with E-state index >= 15 is 0 Å². The van der Waals surface area contributed by atoms with Gasteiger partial charge in [0.15, 0.2) is 0 Å². The number of esters is 1. The third-order valence-electron chi connectivity index (χ3n) is 2.44. The first-order valence-electron chi connectivity index (χ1n) is 4.86. The lowest BCUT2D eigenvalue weighted by Gasteiger charge is -2.23. The topological polar surface area (TPSA) is 26.3 Å². The Kier molecular flexibility index (Phi) is 2.53. The number of benzene rings is 1. The molecule has 2 heteroatoms. The molecule has 1 aromatic carbocycles. The summed E-state index contributed by atoms with van der Waals surface area (Å²) >= 11 is 0. The van der Waals surface area contributed by atoms with Crippen molar-refractivity contribution in [2.75, 3.05) is 0 Å². The van der Waals surface area contributed by atoms with E-state index in [1.54, 1.807) is 0 Å². The molecule has 1 aliphatic rings. The molecule has 0 fully saturated rings. The lowest BCUT2D eigenvalue weighted by atomic mass is 9.90. The second kappa shape index (κ2) is 3.82. The Balaban J connectivity index is 2.09. The van der Waals surface area contributed by atoms with Gasteiger partial charge in [-0.25, -0.2) is 0 Å². The molecular weight excluding hydrogens is 176 g/mol. The predicted molar refractivity (Wildman–Crippen MR) is 53.7 cm³/mol. The first-order valence-corrected chi connectivity index (χ1v) is 4.86. The van der Waals surface area contributed by atoms with Crippen LogP contribution in [0.25, 0.3) is 0 Å². The van der Waals surface area contributed by atoms with E-state index in [1.807, 2.05) is 18.6 Å². The lowest BCUT2D eigenvalue weighted by molar-refractivity contribution is -0.145. The molecule has 0 amide bonds. The van der Waals surface area contributed by atoms with Crippen LogP contribution in [0.5, 0.6) is 0 Å². The van der Waals surface area contributed by atoms with Crippen LogP contribution in [0, 0.1) is 6.42 Å². The monoisotopic (exact) mass is 189 g/mol. The van der Waals surface area contributed by atoms with Crippen LogP contribution in [0.15, 0.2) is 24.3 Å². The van der Waals surface area contributed by atoms with Gasteiger partial charge in [0.25, 0.3) is 0 Å². The van der Waals surface area contributed by atoms with Crippen molar-refractivity contribution in [2.24, 2.45) is 0 Å². The minimum absolute atomic E-state index is 0.0394. The van der Waals surface area contributed by atoms with Crippen LogP contribution in [0.1, 0.15) is 24.5 Å². The Hall–Kier alpha value is -1.31. The third kappa shape index (κ3) is 1.95. The number of aryl methyl sites for hydroxylation is 1. The maximum atomic E-state index is 10.8. The summed E-state index contributed by atoms with van der Waals surface area (Å²) in [5.41, 5.74) is 2.54. The maximum absolute atomic E-state index is 10.8. The van der Waals surface area contributed by atoms with Gasteiger partial charge < -0.3 is 4.74 Å². The molecule has 0 saturated heterocycles. The van der Waals surface area contributed by atoms with Crippen LogP contribution >= 0.6 is 0 Å². The largest absolute Gasteiger partial charge is 0.462 e. The fraction of sp³-hybridized carbons (Fsp3) is 0.333. The van der Waals surface area contributed by atoms with E-state index in [0.717, 1.165) is 12.8 Å². The van der Waals surface area contributed by atoms with Gasteiger partial charge >= 0.3 is 5.97 Å². The van der Waals surface area contributed by atoms with E-state index in [0.29, 0.717) is 0 Å². The average Bonchev–Trinajstić information content (AvgIpc) is 2.17. The summed E-state index contributed by atoms with van der Waals surface area (Å²) in [6.45, 7) is 1.45. The average molecular weight is 189 g/mol. The van der Waals surface area contributed by atoms with Gasteiger partial charge in [0.1, 0.15) is 6.10 Å². The Morgan fingerprint density at radius 1 is 1.43 bits per heavy atom. The molecule has 2 rings (SSSR count). The van der Waals surface area contributed by atoms with Gasteiger partial charge in [-0.3, -0.25) is 4.79 Å². The lowest BCUT2D eigenvalue weighted by Crippen LogP contribution is -2.22. The van der Waals surface area contributed by atoms with E-state index in [-0.39, 0.29) is 12.1 Å². The molecule has 73 valence electrons. The Bertz CT molecular complexity index is 344. The fourth-order valence-corrected chi connectivity index (χ4v) is 1.81. The number of carbonyl (C=O) groups is 1. The third-order valence-corrected chi connectivity index (χ3v) is 2.44. The van der Waals surface area contributed by atoms with Crippen molar-refractivity contribution < 1.29 is 9.53 Å². The highest BCUT2D eigenvalue weighted by molar-refractivity contribution is 5.66. The van der Waals surface area contributed by atoms with Crippen LogP contribution in [-0.4, -0.2) is 12.1 Å². The van der Waals surface area contributed by atoms with Gasteiger partial charge in [-0.15, -0.1) is 0 Å². The highest BCUT2D eigenvalue weighted by Crippen LogP contribution is 2.24. The number of fused-ring (bicyclic) bond motifs is 1. The molecule has 0 bridgehead atoms. The van der Waals surface area contributed by atoms with Crippen molar-refractivity contribution >= 4 is 5.97 Å². The highest BCUT2D eigenvalue weighted by Gasteiger charge is 2.20. The molecule has 1 aromatic rings. The SMILES string of the molecule is CC(=O)OC1[CH]c2ccccc2CC1. The zero-order chi connectivity index (χ0) is 9.97. The van der Waals surface area contributed by atoms with Crippen molar-refractivity contribution in [1.82, 2.24) is 0 Å². The Morgan fingerprint density at radius 3 is 3.00 bits per heavy atom. The number of hydrogen-bond donors (Lipinski definition) is 0. The van der Waals surface area contributed by atoms with Crippen LogP contribution in [0.3, 0.4) is 0 Å². The van der Waals surface area contributed by atoms with E-state index in [1.165, 1.54) is 18.1 Å².